The second kappa shape index (κ2) is 7.61. The molecule has 0 amide bonds. The minimum absolute atomic E-state index is 0. The molecule has 2 radical (unpaired) electrons. The van der Waals surface area contributed by atoms with Crippen LogP contribution in [0.15, 0.2) is 78.9 Å². The fourth-order valence-electron chi connectivity index (χ4n) is 4.99. The molecule has 7 rings (SSSR count). The molecule has 134 valence electrons. The molecule has 0 bridgehead atoms. The van der Waals surface area contributed by atoms with Crippen LogP contribution in [-0.4, -0.2) is 0 Å². The van der Waals surface area contributed by atoms with Crippen molar-refractivity contribution in [3.05, 3.63) is 97.1 Å². The van der Waals surface area contributed by atoms with Gasteiger partial charge < -0.3 is 0 Å². The summed E-state index contributed by atoms with van der Waals surface area (Å²) < 4.78 is 0. The van der Waals surface area contributed by atoms with E-state index in [0.29, 0.717) is 0 Å². The van der Waals surface area contributed by atoms with Crippen LogP contribution >= 0.6 is 0 Å². The van der Waals surface area contributed by atoms with E-state index < -0.39 is 0 Å². The van der Waals surface area contributed by atoms with Gasteiger partial charge in [0, 0.05) is 65.4 Å². The van der Waals surface area contributed by atoms with Gasteiger partial charge in [0.05, 0.1) is 0 Å². The molecule has 2 aliphatic carbocycles. The quantitative estimate of drug-likeness (QED) is 0.183. The molecular weight excluding hydrogens is 514 g/mol. The van der Waals surface area contributed by atoms with Crippen molar-refractivity contribution in [2.45, 2.75) is 0 Å². The fraction of sp³-hybridized carbons (Fsp3) is 0. The van der Waals surface area contributed by atoms with Crippen molar-refractivity contribution in [2.75, 3.05) is 0 Å². The molecule has 0 saturated heterocycles. The number of benzene rings is 5. The zero-order valence-corrected chi connectivity index (χ0v) is 21.8. The summed E-state index contributed by atoms with van der Waals surface area (Å²) in [5.74, 6) is 0. The van der Waals surface area contributed by atoms with E-state index in [1.165, 1.54) is 55.3 Å². The van der Waals surface area contributed by atoms with Crippen molar-refractivity contribution in [2.24, 2.45) is 0 Å². The van der Waals surface area contributed by atoms with Crippen molar-refractivity contribution in [1.82, 2.24) is 0 Å². The summed E-state index contributed by atoms with van der Waals surface area (Å²) in [6.45, 7) is 0. The van der Waals surface area contributed by atoms with Gasteiger partial charge in [-0.3, -0.25) is 0 Å². The summed E-state index contributed by atoms with van der Waals surface area (Å²) in [6.07, 6.45) is 0. The average molecular weight is 527 g/mol. The van der Waals surface area contributed by atoms with Gasteiger partial charge >= 0.3 is 0 Å². The monoisotopic (exact) mass is 527 g/mol. The third-order valence-electron chi connectivity index (χ3n) is 6.10. The standard InChI is InChI=1S/C28H13.2Y/c1-3-10-20-18(8-1)19-9-2-4-11-21(19)25-16-15-17-7-5-12-23-24-14-6-13-22(20)27(24)28(25)26(17)23;;/h1-7,10-15H;;/q-3;;. The maximum Gasteiger partial charge on any atom is 0 e. The van der Waals surface area contributed by atoms with Crippen LogP contribution in [0.4, 0.5) is 0 Å². The molecule has 5 aromatic carbocycles. The normalized spacial score (nSPS) is 11.5. The van der Waals surface area contributed by atoms with E-state index in [-0.39, 0.29) is 65.4 Å². The van der Waals surface area contributed by atoms with Crippen LogP contribution in [-0.2, 0) is 65.4 Å². The Morgan fingerprint density at radius 3 is 1.87 bits per heavy atom. The van der Waals surface area contributed by atoms with Gasteiger partial charge in [0.15, 0.2) is 0 Å². The van der Waals surface area contributed by atoms with Gasteiger partial charge in [0.2, 0.25) is 0 Å². The summed E-state index contributed by atoms with van der Waals surface area (Å²) in [7, 11) is 0. The molecule has 0 fully saturated rings. The summed E-state index contributed by atoms with van der Waals surface area (Å²) in [5.41, 5.74) is 12.3. The predicted molar refractivity (Wildman–Crippen MR) is 115 cm³/mol. The zero-order valence-electron chi connectivity index (χ0n) is 16.2. The van der Waals surface area contributed by atoms with E-state index in [0.717, 1.165) is 11.1 Å². The van der Waals surface area contributed by atoms with E-state index in [4.69, 9.17) is 0 Å². The molecule has 0 N–H and O–H groups in total. The van der Waals surface area contributed by atoms with Gasteiger partial charge in [-0.25, -0.2) is 11.1 Å². The second-order valence-corrected chi connectivity index (χ2v) is 7.45. The minimum atomic E-state index is 0. The Hall–Kier alpha value is -1.43. The third-order valence-corrected chi connectivity index (χ3v) is 6.10. The Balaban J connectivity index is 0.000000963. The van der Waals surface area contributed by atoms with Crippen molar-refractivity contribution in [3.63, 3.8) is 0 Å². The molecule has 0 aromatic heterocycles. The third kappa shape index (κ3) is 2.61. The van der Waals surface area contributed by atoms with Gasteiger partial charge in [-0.15, -0.1) is 47.5 Å². The topological polar surface area (TPSA) is 0 Å². The van der Waals surface area contributed by atoms with Crippen molar-refractivity contribution in [1.29, 1.82) is 0 Å². The Bertz CT molecular complexity index is 1460. The first-order valence-electron chi connectivity index (χ1n) is 9.55. The van der Waals surface area contributed by atoms with Gasteiger partial charge in [-0.05, 0) is 11.1 Å². The number of rotatable bonds is 0. The van der Waals surface area contributed by atoms with Gasteiger partial charge in [-0.1, -0.05) is 63.9 Å². The van der Waals surface area contributed by atoms with E-state index >= 15 is 0 Å². The molecule has 0 aliphatic heterocycles. The Labute approximate surface area is 226 Å². The molecule has 0 heterocycles. The smallest absolute Gasteiger partial charge is 0 e. The van der Waals surface area contributed by atoms with E-state index in [1.54, 1.807) is 0 Å². The summed E-state index contributed by atoms with van der Waals surface area (Å²) in [4.78, 5) is 0. The van der Waals surface area contributed by atoms with E-state index in [2.05, 4.69) is 84.9 Å². The molecule has 5 aromatic rings. The maximum absolute atomic E-state index is 3.62. The van der Waals surface area contributed by atoms with Crippen LogP contribution < -0.4 is 0 Å². The van der Waals surface area contributed by atoms with Crippen LogP contribution in [0.1, 0.15) is 0 Å². The van der Waals surface area contributed by atoms with E-state index in [1.807, 2.05) is 12.1 Å². The number of hydrogen-bond donors (Lipinski definition) is 0. The first-order valence-corrected chi connectivity index (χ1v) is 9.55. The Kier molecular flexibility index (Phi) is 5.19. The minimum Gasteiger partial charge on any atom is -0.220 e. The summed E-state index contributed by atoms with van der Waals surface area (Å²) >= 11 is 0. The Morgan fingerprint density at radius 1 is 0.467 bits per heavy atom. The molecule has 2 heteroatoms. The summed E-state index contributed by atoms with van der Waals surface area (Å²) in [5, 5.41) is 2.59. The first kappa shape index (κ1) is 20.5. The molecule has 0 saturated carbocycles. The van der Waals surface area contributed by atoms with E-state index in [9.17, 15) is 0 Å². The first-order chi connectivity index (χ1) is 13.9. The fourth-order valence-corrected chi connectivity index (χ4v) is 4.99. The second-order valence-electron chi connectivity index (χ2n) is 7.45. The van der Waals surface area contributed by atoms with Gasteiger partial charge in [0.1, 0.15) is 0 Å². The average Bonchev–Trinajstić information content (AvgIpc) is 3.10. The molecule has 2 aliphatic rings. The van der Waals surface area contributed by atoms with Crippen LogP contribution in [0.3, 0.4) is 0 Å². The largest absolute Gasteiger partial charge is 0.220 e. The number of fused-ring (bicyclic) bond motifs is 6. The van der Waals surface area contributed by atoms with Crippen LogP contribution in [0, 0.1) is 18.2 Å². The zero-order chi connectivity index (χ0) is 18.2. The van der Waals surface area contributed by atoms with Crippen LogP contribution in [0.5, 0.6) is 0 Å². The molecular formula is C28H13Y2-3. The molecule has 0 unspecified atom stereocenters. The van der Waals surface area contributed by atoms with Crippen LogP contribution in [0.2, 0.25) is 0 Å². The summed E-state index contributed by atoms with van der Waals surface area (Å²) in [6, 6.07) is 38.6. The van der Waals surface area contributed by atoms with Crippen molar-refractivity contribution in [3.8, 4) is 55.6 Å². The van der Waals surface area contributed by atoms with Crippen LogP contribution in [0.25, 0.3) is 66.4 Å². The molecule has 0 nitrogen and oxygen atoms in total. The number of hydrogen-bond acceptors (Lipinski definition) is 0. The predicted octanol–water partition coefficient (Wildman–Crippen LogP) is 7.20. The molecule has 30 heavy (non-hydrogen) atoms. The molecule has 0 atom stereocenters. The maximum atomic E-state index is 3.62. The molecule has 0 spiro atoms. The van der Waals surface area contributed by atoms with Crippen molar-refractivity contribution >= 4 is 10.8 Å². The van der Waals surface area contributed by atoms with Crippen molar-refractivity contribution < 1.29 is 65.4 Å². The van der Waals surface area contributed by atoms with Gasteiger partial charge in [-0.2, -0.15) is 29.8 Å². The Morgan fingerprint density at radius 2 is 1.07 bits per heavy atom. The van der Waals surface area contributed by atoms with Gasteiger partial charge in [0.25, 0.3) is 0 Å². The SMILES string of the molecule is [Y].[Y].[c-]1cccc2c1-c1[c-]cccc1-c1cccc3c1-c1c-2[c-]cc2cccc-3c12.